The Bertz CT molecular complexity index is 1370. The Morgan fingerprint density at radius 3 is 2.82 bits per heavy atom. The number of nitrogen functional groups attached to an aromatic ring is 1. The van der Waals surface area contributed by atoms with Gasteiger partial charge in [-0.25, -0.2) is 14.6 Å². The van der Waals surface area contributed by atoms with Gasteiger partial charge >= 0.3 is 12.2 Å². The van der Waals surface area contributed by atoms with Gasteiger partial charge in [-0.2, -0.15) is 14.2 Å². The van der Waals surface area contributed by atoms with Crippen LogP contribution in [0, 0.1) is 0 Å². The number of aromatic nitrogens is 4. The fourth-order valence-electron chi connectivity index (χ4n) is 3.23. The van der Waals surface area contributed by atoms with Crippen LogP contribution < -0.4 is 11.1 Å². The second-order valence-corrected chi connectivity index (χ2v) is 9.00. The maximum Gasteiger partial charge on any atom is 0.432 e. The largest absolute Gasteiger partial charge is 0.463 e. The molecule has 0 fully saturated rings. The van der Waals surface area contributed by atoms with E-state index in [1.165, 1.54) is 29.9 Å². The second-order valence-electron chi connectivity index (χ2n) is 7.79. The summed E-state index contributed by atoms with van der Waals surface area (Å²) in [5.41, 5.74) is 6.94. The minimum Gasteiger partial charge on any atom is -0.463 e. The van der Waals surface area contributed by atoms with E-state index in [1.807, 2.05) is 12.1 Å². The molecule has 0 unspecified atom stereocenters. The van der Waals surface area contributed by atoms with Crippen LogP contribution in [0.2, 0.25) is 5.02 Å². The van der Waals surface area contributed by atoms with E-state index in [2.05, 4.69) is 19.8 Å². The van der Waals surface area contributed by atoms with Crippen LogP contribution in [0.15, 0.2) is 42.6 Å². The topological polar surface area (TPSA) is 145 Å². The highest BCUT2D eigenvalue weighted by Gasteiger charge is 2.26. The monoisotopic (exact) mass is 486 g/mol. The van der Waals surface area contributed by atoms with Gasteiger partial charge in [0, 0.05) is 23.1 Å². The fraction of sp³-hybridized carbons (Fsp3) is 0.190. The minimum atomic E-state index is -1.24. The summed E-state index contributed by atoms with van der Waals surface area (Å²) >= 11 is 7.56. The van der Waals surface area contributed by atoms with E-state index < -0.39 is 17.8 Å². The number of halogens is 1. The fourth-order valence-corrected chi connectivity index (χ4v) is 4.36. The van der Waals surface area contributed by atoms with Gasteiger partial charge in [0.1, 0.15) is 10.6 Å². The van der Waals surface area contributed by atoms with Crippen molar-refractivity contribution in [2.75, 3.05) is 11.1 Å². The molecule has 2 aromatic heterocycles. The quantitative estimate of drug-likeness (QED) is 0.338. The first-order valence-corrected chi connectivity index (χ1v) is 10.9. The van der Waals surface area contributed by atoms with Crippen molar-refractivity contribution in [1.82, 2.24) is 19.1 Å². The Morgan fingerprint density at radius 2 is 2.09 bits per heavy atom. The first-order chi connectivity index (χ1) is 15.6. The number of carboxylic acid groups (broad SMARTS) is 1. The van der Waals surface area contributed by atoms with Crippen LogP contribution in [0.1, 0.15) is 18.9 Å². The molecule has 2 heterocycles. The number of benzene rings is 2. The summed E-state index contributed by atoms with van der Waals surface area (Å²) in [6, 6.07) is 10.3. The average molecular weight is 487 g/mol. The van der Waals surface area contributed by atoms with E-state index >= 15 is 0 Å². The van der Waals surface area contributed by atoms with E-state index in [1.54, 1.807) is 26.0 Å². The Kier molecular flexibility index (Phi) is 5.91. The molecule has 0 aliphatic rings. The molecule has 2 aromatic carbocycles. The Morgan fingerprint density at radius 1 is 1.30 bits per heavy atom. The summed E-state index contributed by atoms with van der Waals surface area (Å²) in [7, 11) is 0. The molecular weight excluding hydrogens is 468 g/mol. The number of hydrogen-bond acceptors (Lipinski definition) is 8. The standard InChI is InChI=1S/C21H19ClN6O4S/c1-21(2,9-16-26-18(27-33-16)11-4-3-5-12(23)8-11)32-19(29)25-14-6-7-15-13(17(14)22)10-24-28(15)20(30)31/h3-8,10H,9,23H2,1-2H3,(H,25,29)(H,30,31). The zero-order chi connectivity index (χ0) is 23.8. The SMILES string of the molecule is CC(C)(Cc1nc(-c2cccc(N)c2)ns1)OC(=O)Nc1ccc2c(cnn2C(=O)O)c1Cl. The first-order valence-electron chi connectivity index (χ1n) is 9.71. The molecule has 0 saturated carbocycles. The van der Waals surface area contributed by atoms with Gasteiger partial charge in [-0.1, -0.05) is 23.7 Å². The maximum atomic E-state index is 12.5. The number of nitrogens with zero attached hydrogens (tertiary/aromatic N) is 4. The third kappa shape index (κ3) is 4.89. The number of carbonyl (C=O) groups excluding carboxylic acids is 1. The molecule has 170 valence electrons. The van der Waals surface area contributed by atoms with Crippen molar-refractivity contribution >= 4 is 57.6 Å². The number of nitrogens with one attached hydrogen (secondary N) is 1. The Balaban J connectivity index is 1.44. The molecule has 4 rings (SSSR count). The number of fused-ring (bicyclic) bond motifs is 1. The Hall–Kier alpha value is -3.70. The van der Waals surface area contributed by atoms with Gasteiger partial charge in [-0.3, -0.25) is 5.32 Å². The van der Waals surface area contributed by atoms with Crippen molar-refractivity contribution in [2.24, 2.45) is 0 Å². The normalized spacial score (nSPS) is 11.5. The number of rotatable bonds is 5. The molecule has 10 nitrogen and oxygen atoms in total. The molecule has 1 amide bonds. The summed E-state index contributed by atoms with van der Waals surface area (Å²) in [6.45, 7) is 3.52. The van der Waals surface area contributed by atoms with Gasteiger partial charge in [-0.05, 0) is 49.6 Å². The van der Waals surface area contributed by atoms with E-state index in [9.17, 15) is 9.59 Å². The molecule has 0 bridgehead atoms. The van der Waals surface area contributed by atoms with Crippen LogP contribution in [-0.4, -0.2) is 42.0 Å². The van der Waals surface area contributed by atoms with Gasteiger partial charge in [-0.15, -0.1) is 0 Å². The van der Waals surface area contributed by atoms with Gasteiger partial charge in [0.05, 0.1) is 22.4 Å². The van der Waals surface area contributed by atoms with Crippen molar-refractivity contribution < 1.29 is 19.4 Å². The third-order valence-electron chi connectivity index (χ3n) is 4.66. The van der Waals surface area contributed by atoms with Crippen LogP contribution in [0.5, 0.6) is 0 Å². The molecule has 33 heavy (non-hydrogen) atoms. The minimum absolute atomic E-state index is 0.158. The van der Waals surface area contributed by atoms with Gasteiger partial charge in [0.25, 0.3) is 0 Å². The molecule has 0 atom stereocenters. The number of anilines is 2. The highest BCUT2D eigenvalue weighted by Crippen LogP contribution is 2.31. The lowest BCUT2D eigenvalue weighted by Crippen LogP contribution is -2.32. The number of carbonyl (C=O) groups is 2. The van der Waals surface area contributed by atoms with Crippen LogP contribution >= 0.6 is 23.1 Å². The molecule has 0 radical (unpaired) electrons. The van der Waals surface area contributed by atoms with Crippen molar-refractivity contribution in [3.8, 4) is 11.4 Å². The second kappa shape index (κ2) is 8.68. The number of ether oxygens (including phenoxy) is 1. The predicted molar refractivity (Wildman–Crippen MR) is 126 cm³/mol. The highest BCUT2D eigenvalue weighted by molar-refractivity contribution is 7.05. The van der Waals surface area contributed by atoms with E-state index in [-0.39, 0.29) is 10.7 Å². The number of hydrogen-bond donors (Lipinski definition) is 3. The zero-order valence-electron chi connectivity index (χ0n) is 17.6. The lowest BCUT2D eigenvalue weighted by Gasteiger charge is -2.24. The summed E-state index contributed by atoms with van der Waals surface area (Å²) < 4.78 is 10.7. The van der Waals surface area contributed by atoms with Gasteiger partial charge in [0.15, 0.2) is 5.82 Å². The summed E-state index contributed by atoms with van der Waals surface area (Å²) in [4.78, 5) is 28.3. The average Bonchev–Trinajstić information content (AvgIpc) is 3.36. The summed E-state index contributed by atoms with van der Waals surface area (Å²) in [6.07, 6.45) is -0.288. The highest BCUT2D eigenvalue weighted by atomic mass is 35.5. The smallest absolute Gasteiger partial charge is 0.432 e. The first kappa shape index (κ1) is 22.5. The van der Waals surface area contributed by atoms with Gasteiger partial charge < -0.3 is 15.6 Å². The molecule has 0 saturated heterocycles. The van der Waals surface area contributed by atoms with Crippen LogP contribution in [0.25, 0.3) is 22.3 Å². The van der Waals surface area contributed by atoms with E-state index in [0.29, 0.717) is 33.8 Å². The predicted octanol–water partition coefficient (Wildman–Crippen LogP) is 4.89. The van der Waals surface area contributed by atoms with Crippen molar-refractivity contribution in [1.29, 1.82) is 0 Å². The number of amides is 1. The number of nitrogens with two attached hydrogens (primary N) is 1. The zero-order valence-corrected chi connectivity index (χ0v) is 19.1. The van der Waals surface area contributed by atoms with Crippen molar-refractivity contribution in [2.45, 2.75) is 25.9 Å². The molecule has 4 aromatic rings. The van der Waals surface area contributed by atoms with Crippen LogP contribution in [0.4, 0.5) is 21.0 Å². The molecule has 0 aliphatic heterocycles. The molecular formula is C21H19ClN6O4S. The van der Waals surface area contributed by atoms with Crippen LogP contribution in [-0.2, 0) is 11.2 Å². The van der Waals surface area contributed by atoms with Crippen molar-refractivity contribution in [3.63, 3.8) is 0 Å². The molecule has 12 heteroatoms. The third-order valence-corrected chi connectivity index (χ3v) is 5.78. The molecule has 0 spiro atoms. The Labute approximate surface area is 197 Å². The summed E-state index contributed by atoms with van der Waals surface area (Å²) in [5.74, 6) is 0.560. The van der Waals surface area contributed by atoms with E-state index in [4.69, 9.17) is 27.2 Å². The lowest BCUT2D eigenvalue weighted by atomic mass is 10.1. The molecule has 4 N–H and O–H groups in total. The lowest BCUT2D eigenvalue weighted by molar-refractivity contribution is 0.0493. The molecule has 0 aliphatic carbocycles. The maximum absolute atomic E-state index is 12.5. The van der Waals surface area contributed by atoms with Gasteiger partial charge in [0.2, 0.25) is 0 Å². The summed E-state index contributed by atoms with van der Waals surface area (Å²) in [5, 5.41) is 16.8. The van der Waals surface area contributed by atoms with Crippen molar-refractivity contribution in [3.05, 3.63) is 52.6 Å². The van der Waals surface area contributed by atoms with Crippen LogP contribution in [0.3, 0.4) is 0 Å². The van der Waals surface area contributed by atoms with E-state index in [0.717, 1.165) is 10.2 Å².